The second-order valence-electron chi connectivity index (χ2n) is 5.16. The Morgan fingerprint density at radius 3 is 2.33 bits per heavy atom. The third kappa shape index (κ3) is 4.81. The molecule has 0 aliphatic carbocycles. The molecule has 0 aliphatic heterocycles. The van der Waals surface area contributed by atoms with Crippen LogP contribution < -0.4 is 4.72 Å². The third-order valence-corrected chi connectivity index (χ3v) is 4.78. The van der Waals surface area contributed by atoms with Gasteiger partial charge in [-0.2, -0.15) is 5.26 Å². The summed E-state index contributed by atoms with van der Waals surface area (Å²) in [5.41, 5.74) is -0.947. The zero-order valence-corrected chi connectivity index (χ0v) is 13.3. The standard InChI is InChI=1S/C15H22N2O3S/c1-3-9-15(18,10-4-2)12-17-21(19,20)14-8-6-5-7-13(14)11-16/h5-8,17-18H,3-4,9-10,12H2,1-2H3. The van der Waals surface area contributed by atoms with Gasteiger partial charge < -0.3 is 5.11 Å². The van der Waals surface area contributed by atoms with Gasteiger partial charge in [-0.05, 0) is 25.0 Å². The number of sulfonamides is 1. The zero-order valence-electron chi connectivity index (χ0n) is 12.5. The molecule has 0 unspecified atom stereocenters. The first-order chi connectivity index (χ1) is 9.88. The molecule has 0 amide bonds. The van der Waals surface area contributed by atoms with Crippen molar-refractivity contribution in [2.24, 2.45) is 0 Å². The molecule has 0 saturated heterocycles. The van der Waals surface area contributed by atoms with Crippen LogP contribution in [0.5, 0.6) is 0 Å². The second-order valence-corrected chi connectivity index (χ2v) is 6.89. The van der Waals surface area contributed by atoms with Crippen LogP contribution in [0.15, 0.2) is 29.2 Å². The van der Waals surface area contributed by atoms with Crippen molar-refractivity contribution >= 4 is 10.0 Å². The van der Waals surface area contributed by atoms with E-state index in [1.165, 1.54) is 12.1 Å². The zero-order chi connectivity index (χ0) is 15.9. The molecule has 0 atom stereocenters. The smallest absolute Gasteiger partial charge is 0.241 e. The minimum atomic E-state index is -3.81. The summed E-state index contributed by atoms with van der Waals surface area (Å²) < 4.78 is 27.0. The summed E-state index contributed by atoms with van der Waals surface area (Å²) in [6.07, 6.45) is 2.60. The van der Waals surface area contributed by atoms with E-state index in [0.717, 1.165) is 12.8 Å². The van der Waals surface area contributed by atoms with Gasteiger partial charge in [0.25, 0.3) is 0 Å². The van der Waals surface area contributed by atoms with Crippen molar-refractivity contribution in [1.29, 1.82) is 5.26 Å². The number of nitrogens with one attached hydrogen (secondary N) is 1. The van der Waals surface area contributed by atoms with Gasteiger partial charge in [0.15, 0.2) is 0 Å². The van der Waals surface area contributed by atoms with Crippen LogP contribution in [0.25, 0.3) is 0 Å². The van der Waals surface area contributed by atoms with E-state index in [2.05, 4.69) is 4.72 Å². The van der Waals surface area contributed by atoms with Crippen LogP contribution in [-0.2, 0) is 10.0 Å². The number of rotatable bonds is 8. The Morgan fingerprint density at radius 1 is 1.24 bits per heavy atom. The molecular weight excluding hydrogens is 288 g/mol. The largest absolute Gasteiger partial charge is 0.389 e. The molecule has 5 nitrogen and oxygen atoms in total. The number of nitrogens with zero attached hydrogens (tertiary/aromatic N) is 1. The first-order valence-electron chi connectivity index (χ1n) is 7.09. The van der Waals surface area contributed by atoms with Crippen molar-refractivity contribution in [3.63, 3.8) is 0 Å². The van der Waals surface area contributed by atoms with E-state index in [9.17, 15) is 13.5 Å². The third-order valence-electron chi connectivity index (χ3n) is 3.32. The molecule has 1 rings (SSSR count). The number of aliphatic hydroxyl groups is 1. The molecule has 0 bridgehead atoms. The molecule has 0 radical (unpaired) electrons. The minimum Gasteiger partial charge on any atom is -0.389 e. The second kappa shape index (κ2) is 7.55. The lowest BCUT2D eigenvalue weighted by Crippen LogP contribution is -2.42. The van der Waals surface area contributed by atoms with Gasteiger partial charge >= 0.3 is 0 Å². The highest BCUT2D eigenvalue weighted by atomic mass is 32.2. The normalized spacial score (nSPS) is 12.1. The van der Waals surface area contributed by atoms with E-state index in [4.69, 9.17) is 5.26 Å². The van der Waals surface area contributed by atoms with Gasteiger partial charge in [0.05, 0.1) is 16.1 Å². The van der Waals surface area contributed by atoms with Crippen LogP contribution >= 0.6 is 0 Å². The number of hydrogen-bond donors (Lipinski definition) is 2. The van der Waals surface area contributed by atoms with Crippen molar-refractivity contribution in [3.8, 4) is 6.07 Å². The molecular formula is C15H22N2O3S. The first kappa shape index (κ1) is 17.6. The lowest BCUT2D eigenvalue weighted by atomic mass is 9.93. The van der Waals surface area contributed by atoms with Gasteiger partial charge in [0.1, 0.15) is 6.07 Å². The van der Waals surface area contributed by atoms with E-state index in [1.54, 1.807) is 12.1 Å². The van der Waals surface area contributed by atoms with E-state index < -0.39 is 15.6 Å². The molecule has 0 heterocycles. The Kier molecular flexibility index (Phi) is 6.34. The number of nitriles is 1. The Labute approximate surface area is 126 Å². The maximum Gasteiger partial charge on any atom is 0.241 e. The van der Waals surface area contributed by atoms with Crippen LogP contribution in [-0.4, -0.2) is 25.7 Å². The lowest BCUT2D eigenvalue weighted by molar-refractivity contribution is 0.0266. The predicted molar refractivity (Wildman–Crippen MR) is 81.1 cm³/mol. The summed E-state index contributed by atoms with van der Waals surface area (Å²) in [7, 11) is -3.81. The maximum absolute atomic E-state index is 12.3. The molecule has 0 aromatic heterocycles. The molecule has 0 fully saturated rings. The molecule has 2 N–H and O–H groups in total. The highest BCUT2D eigenvalue weighted by molar-refractivity contribution is 7.89. The first-order valence-corrected chi connectivity index (χ1v) is 8.58. The molecule has 0 spiro atoms. The van der Waals surface area contributed by atoms with Crippen LogP contribution in [0.2, 0.25) is 0 Å². The highest BCUT2D eigenvalue weighted by Crippen LogP contribution is 2.20. The van der Waals surface area contributed by atoms with E-state index in [1.807, 2.05) is 19.9 Å². The Hall–Kier alpha value is -1.42. The van der Waals surface area contributed by atoms with Crippen LogP contribution in [0.3, 0.4) is 0 Å². The van der Waals surface area contributed by atoms with Crippen LogP contribution in [0, 0.1) is 11.3 Å². The molecule has 1 aromatic carbocycles. The molecule has 116 valence electrons. The fraction of sp³-hybridized carbons (Fsp3) is 0.533. The number of hydrogen-bond acceptors (Lipinski definition) is 4. The summed E-state index contributed by atoms with van der Waals surface area (Å²) in [6, 6.07) is 7.90. The number of benzene rings is 1. The minimum absolute atomic E-state index is 0.0449. The van der Waals surface area contributed by atoms with Crippen molar-refractivity contribution in [2.75, 3.05) is 6.54 Å². The van der Waals surface area contributed by atoms with Crippen molar-refractivity contribution < 1.29 is 13.5 Å². The van der Waals surface area contributed by atoms with Gasteiger partial charge in [-0.25, -0.2) is 13.1 Å². The van der Waals surface area contributed by atoms with Gasteiger partial charge in [-0.15, -0.1) is 0 Å². The predicted octanol–water partition coefficient (Wildman–Crippen LogP) is 2.17. The topological polar surface area (TPSA) is 90.2 Å². The van der Waals surface area contributed by atoms with Crippen molar-refractivity contribution in [3.05, 3.63) is 29.8 Å². The molecule has 0 aliphatic rings. The van der Waals surface area contributed by atoms with Crippen LogP contribution in [0.4, 0.5) is 0 Å². The summed E-state index contributed by atoms with van der Waals surface area (Å²) in [6.45, 7) is 3.84. The quantitative estimate of drug-likeness (QED) is 0.770. The Morgan fingerprint density at radius 2 is 1.81 bits per heavy atom. The molecule has 1 aromatic rings. The van der Waals surface area contributed by atoms with Gasteiger partial charge in [-0.1, -0.05) is 38.8 Å². The summed E-state index contributed by atoms with van der Waals surface area (Å²) in [5.74, 6) is 0. The molecule has 21 heavy (non-hydrogen) atoms. The molecule has 6 heteroatoms. The van der Waals surface area contributed by atoms with E-state index >= 15 is 0 Å². The maximum atomic E-state index is 12.3. The van der Waals surface area contributed by atoms with Gasteiger partial charge in [-0.3, -0.25) is 0 Å². The van der Waals surface area contributed by atoms with Crippen molar-refractivity contribution in [1.82, 2.24) is 4.72 Å². The van der Waals surface area contributed by atoms with Gasteiger partial charge in [0, 0.05) is 6.54 Å². The lowest BCUT2D eigenvalue weighted by Gasteiger charge is -2.27. The fourth-order valence-electron chi connectivity index (χ4n) is 2.33. The summed E-state index contributed by atoms with van der Waals surface area (Å²) >= 11 is 0. The molecule has 0 saturated carbocycles. The van der Waals surface area contributed by atoms with Gasteiger partial charge in [0.2, 0.25) is 10.0 Å². The fourth-order valence-corrected chi connectivity index (χ4v) is 3.61. The average Bonchev–Trinajstić information content (AvgIpc) is 2.46. The Balaban J connectivity index is 2.93. The summed E-state index contributed by atoms with van der Waals surface area (Å²) in [5, 5.41) is 19.4. The SMILES string of the molecule is CCCC(O)(CCC)CNS(=O)(=O)c1ccccc1C#N. The average molecular weight is 310 g/mol. The monoisotopic (exact) mass is 310 g/mol. The Bertz CT molecular complexity index is 600. The van der Waals surface area contributed by atoms with Crippen LogP contribution in [0.1, 0.15) is 45.1 Å². The van der Waals surface area contributed by atoms with E-state index in [-0.39, 0.29) is 17.0 Å². The van der Waals surface area contributed by atoms with E-state index in [0.29, 0.717) is 12.8 Å². The van der Waals surface area contributed by atoms with Crippen molar-refractivity contribution in [2.45, 2.75) is 50.0 Å². The highest BCUT2D eigenvalue weighted by Gasteiger charge is 2.28. The summed E-state index contributed by atoms with van der Waals surface area (Å²) in [4.78, 5) is -0.0529.